The lowest BCUT2D eigenvalue weighted by molar-refractivity contribution is 0.144. The van der Waals surface area contributed by atoms with Gasteiger partial charge in [0.05, 0.1) is 0 Å². The zero-order valence-electron chi connectivity index (χ0n) is 16.8. The first-order valence-corrected chi connectivity index (χ1v) is 9.93. The SMILES string of the molecule is C#CC(O)(c1ccccc1)c1ccccc1Br.NCCN.NCCN.NCCN. The molecule has 1 unspecified atom stereocenters. The van der Waals surface area contributed by atoms with Gasteiger partial charge in [-0.05, 0) is 6.07 Å². The Bertz CT molecular complexity index is 650. The quantitative estimate of drug-likeness (QED) is 0.303. The van der Waals surface area contributed by atoms with E-state index in [2.05, 4.69) is 21.9 Å². The van der Waals surface area contributed by atoms with Crippen LogP contribution in [0.3, 0.4) is 0 Å². The molecule has 0 amide bonds. The van der Waals surface area contributed by atoms with Gasteiger partial charge in [0, 0.05) is 54.9 Å². The Morgan fingerprint density at radius 1 is 0.724 bits per heavy atom. The number of hydrogen-bond donors (Lipinski definition) is 7. The third-order valence-corrected chi connectivity index (χ3v) is 3.86. The molecule has 8 heteroatoms. The van der Waals surface area contributed by atoms with Gasteiger partial charge in [-0.3, -0.25) is 0 Å². The second-order valence-corrected chi connectivity index (χ2v) is 6.29. The Morgan fingerprint density at radius 2 is 1.10 bits per heavy atom. The smallest absolute Gasteiger partial charge is 0.177 e. The Hall–Kier alpha value is -1.80. The van der Waals surface area contributed by atoms with Crippen LogP contribution in [-0.4, -0.2) is 44.4 Å². The summed E-state index contributed by atoms with van der Waals surface area (Å²) in [6.07, 6.45) is 5.52. The molecule has 0 aliphatic heterocycles. The van der Waals surface area contributed by atoms with Gasteiger partial charge in [-0.2, -0.15) is 0 Å². The minimum atomic E-state index is -1.40. The number of rotatable bonds is 5. The fourth-order valence-corrected chi connectivity index (χ4v) is 2.32. The Balaban J connectivity index is 0. The molecule has 2 aromatic rings. The van der Waals surface area contributed by atoms with Gasteiger partial charge in [0.1, 0.15) is 0 Å². The van der Waals surface area contributed by atoms with E-state index in [4.69, 9.17) is 40.8 Å². The Kier molecular flexibility index (Phi) is 19.8. The lowest BCUT2D eigenvalue weighted by atomic mass is 9.87. The molecule has 2 aromatic carbocycles. The van der Waals surface area contributed by atoms with Crippen molar-refractivity contribution < 1.29 is 5.11 Å². The van der Waals surface area contributed by atoms with Crippen molar-refractivity contribution in [1.82, 2.24) is 0 Å². The third kappa shape index (κ3) is 12.4. The molecule has 0 aliphatic carbocycles. The topological polar surface area (TPSA) is 176 Å². The maximum absolute atomic E-state index is 10.7. The summed E-state index contributed by atoms with van der Waals surface area (Å²) in [6.45, 7) is 3.58. The summed E-state index contributed by atoms with van der Waals surface area (Å²) < 4.78 is 0.796. The highest BCUT2D eigenvalue weighted by Crippen LogP contribution is 2.33. The Labute approximate surface area is 182 Å². The van der Waals surface area contributed by atoms with Crippen LogP contribution in [0.5, 0.6) is 0 Å². The van der Waals surface area contributed by atoms with Crippen molar-refractivity contribution in [3.05, 3.63) is 70.2 Å². The highest BCUT2D eigenvalue weighted by molar-refractivity contribution is 9.10. The molecule has 13 N–H and O–H groups in total. The van der Waals surface area contributed by atoms with Crippen molar-refractivity contribution in [1.29, 1.82) is 0 Å². The average molecular weight is 467 g/mol. The second kappa shape index (κ2) is 19.5. The van der Waals surface area contributed by atoms with Crippen molar-refractivity contribution in [2.24, 2.45) is 34.4 Å². The van der Waals surface area contributed by atoms with Crippen molar-refractivity contribution in [3.63, 3.8) is 0 Å². The first-order chi connectivity index (χ1) is 13.9. The summed E-state index contributed by atoms with van der Waals surface area (Å²) in [4.78, 5) is 0. The summed E-state index contributed by atoms with van der Waals surface area (Å²) in [6, 6.07) is 16.7. The molecule has 7 nitrogen and oxygen atoms in total. The normalized spacial score (nSPS) is 11.1. The van der Waals surface area contributed by atoms with Crippen LogP contribution in [0.2, 0.25) is 0 Å². The fraction of sp³-hybridized carbons (Fsp3) is 0.333. The van der Waals surface area contributed by atoms with E-state index in [1.54, 1.807) is 0 Å². The molecule has 29 heavy (non-hydrogen) atoms. The van der Waals surface area contributed by atoms with E-state index in [9.17, 15) is 5.11 Å². The number of nitrogens with two attached hydrogens (primary N) is 6. The van der Waals surface area contributed by atoms with E-state index in [1.807, 2.05) is 54.6 Å². The van der Waals surface area contributed by atoms with Gasteiger partial charge in [-0.1, -0.05) is 70.4 Å². The standard InChI is InChI=1S/C15H11BrO.3C2H8N2/c1-2-15(17,12-8-4-3-5-9-12)13-10-6-7-11-14(13)16;3*3-1-2-4/h1,3-11,17H;3*1-4H2. The minimum Gasteiger partial charge on any atom is -0.369 e. The van der Waals surface area contributed by atoms with E-state index in [-0.39, 0.29) is 0 Å². The van der Waals surface area contributed by atoms with Gasteiger partial charge in [-0.25, -0.2) is 0 Å². The van der Waals surface area contributed by atoms with Gasteiger partial charge in [-0.15, -0.1) is 6.42 Å². The van der Waals surface area contributed by atoms with E-state index in [1.165, 1.54) is 0 Å². The monoisotopic (exact) mass is 466 g/mol. The molecule has 0 fully saturated rings. The summed E-state index contributed by atoms with van der Waals surface area (Å²) in [5, 5.41) is 10.7. The predicted octanol–water partition coefficient (Wildman–Crippen LogP) is 0.0296. The molecule has 0 aromatic heterocycles. The average Bonchev–Trinajstić information content (AvgIpc) is 2.80. The number of hydrogen-bond acceptors (Lipinski definition) is 7. The largest absolute Gasteiger partial charge is 0.369 e. The summed E-state index contributed by atoms with van der Waals surface area (Å²) >= 11 is 3.41. The van der Waals surface area contributed by atoms with E-state index < -0.39 is 5.60 Å². The first-order valence-electron chi connectivity index (χ1n) is 9.14. The van der Waals surface area contributed by atoms with Crippen molar-refractivity contribution in [2.75, 3.05) is 39.3 Å². The number of benzene rings is 2. The van der Waals surface area contributed by atoms with Crippen LogP contribution in [0, 0.1) is 12.3 Å². The number of halogens is 1. The molecule has 0 radical (unpaired) electrons. The van der Waals surface area contributed by atoms with Crippen molar-refractivity contribution in [3.8, 4) is 12.3 Å². The molecule has 0 aliphatic rings. The Morgan fingerprint density at radius 3 is 1.45 bits per heavy atom. The minimum absolute atomic E-state index is 0.597. The lowest BCUT2D eigenvalue weighted by Gasteiger charge is -2.24. The van der Waals surface area contributed by atoms with Gasteiger partial charge in [0.2, 0.25) is 0 Å². The van der Waals surface area contributed by atoms with Crippen molar-refractivity contribution >= 4 is 15.9 Å². The number of terminal acetylenes is 1. The summed E-state index contributed by atoms with van der Waals surface area (Å²) in [5.41, 5.74) is 29.4. The highest BCUT2D eigenvalue weighted by Gasteiger charge is 2.30. The molecule has 0 spiro atoms. The van der Waals surface area contributed by atoms with Crippen LogP contribution in [-0.2, 0) is 5.60 Å². The third-order valence-electron chi connectivity index (χ3n) is 3.16. The van der Waals surface area contributed by atoms with E-state index >= 15 is 0 Å². The highest BCUT2D eigenvalue weighted by atomic mass is 79.9. The van der Waals surface area contributed by atoms with Crippen LogP contribution in [0.25, 0.3) is 0 Å². The molecule has 0 bridgehead atoms. The van der Waals surface area contributed by atoms with Crippen LogP contribution in [0.1, 0.15) is 11.1 Å². The van der Waals surface area contributed by atoms with Crippen LogP contribution >= 0.6 is 15.9 Å². The fourth-order valence-electron chi connectivity index (χ4n) is 1.75. The van der Waals surface area contributed by atoms with E-state index in [0.717, 1.165) is 4.47 Å². The van der Waals surface area contributed by atoms with Crippen LogP contribution in [0.15, 0.2) is 59.1 Å². The van der Waals surface area contributed by atoms with Gasteiger partial charge in [0.15, 0.2) is 5.60 Å². The zero-order chi connectivity index (χ0) is 22.5. The van der Waals surface area contributed by atoms with E-state index in [0.29, 0.717) is 50.4 Å². The molecule has 0 saturated heterocycles. The first kappa shape index (κ1) is 29.4. The summed E-state index contributed by atoms with van der Waals surface area (Å²) in [7, 11) is 0. The van der Waals surface area contributed by atoms with Crippen molar-refractivity contribution in [2.45, 2.75) is 5.60 Å². The predicted molar refractivity (Wildman–Crippen MR) is 127 cm³/mol. The summed E-state index contributed by atoms with van der Waals surface area (Å²) in [5.74, 6) is 2.48. The van der Waals surface area contributed by atoms with Gasteiger partial charge < -0.3 is 39.5 Å². The van der Waals surface area contributed by atoms with Crippen LogP contribution < -0.4 is 34.4 Å². The molecule has 2 rings (SSSR count). The molecule has 0 saturated carbocycles. The maximum atomic E-state index is 10.7. The second-order valence-electron chi connectivity index (χ2n) is 5.43. The molecule has 162 valence electrons. The zero-order valence-corrected chi connectivity index (χ0v) is 18.4. The number of aliphatic hydroxyl groups is 1. The maximum Gasteiger partial charge on any atom is 0.177 e. The van der Waals surface area contributed by atoms with Gasteiger partial charge in [0.25, 0.3) is 0 Å². The molecular weight excluding hydrogens is 432 g/mol. The molecular formula is C21H35BrN6O. The van der Waals surface area contributed by atoms with Gasteiger partial charge >= 0.3 is 0 Å². The lowest BCUT2D eigenvalue weighted by Crippen LogP contribution is -2.25. The molecule has 0 heterocycles. The molecule has 1 atom stereocenters. The van der Waals surface area contributed by atoms with Crippen LogP contribution in [0.4, 0.5) is 0 Å².